The minimum atomic E-state index is -3.42. The second kappa shape index (κ2) is 7.39. The maximum absolute atomic E-state index is 12.6. The molecule has 2 aromatic carbocycles. The van der Waals surface area contributed by atoms with E-state index < -0.39 is 21.6 Å². The summed E-state index contributed by atoms with van der Waals surface area (Å²) in [6, 6.07) is 12.1. The SMILES string of the molecule is CCS(=O)(=O)CN1C(=O)CN=C(c2ccccc2Cl)c2cc(Cl)ccc21. The van der Waals surface area contributed by atoms with E-state index >= 15 is 0 Å². The Morgan fingerprint density at radius 3 is 2.54 bits per heavy atom. The van der Waals surface area contributed by atoms with Crippen LogP contribution in [0.2, 0.25) is 10.0 Å². The van der Waals surface area contributed by atoms with E-state index in [-0.39, 0.29) is 12.3 Å². The van der Waals surface area contributed by atoms with E-state index in [9.17, 15) is 13.2 Å². The van der Waals surface area contributed by atoms with E-state index in [0.29, 0.717) is 32.6 Å². The van der Waals surface area contributed by atoms with Crippen molar-refractivity contribution in [2.45, 2.75) is 6.92 Å². The molecule has 0 aromatic heterocycles. The summed E-state index contributed by atoms with van der Waals surface area (Å²) in [6.07, 6.45) is 0. The topological polar surface area (TPSA) is 66.8 Å². The number of carbonyl (C=O) groups excluding carboxylic acids is 1. The largest absolute Gasteiger partial charge is 0.295 e. The fourth-order valence-electron chi connectivity index (χ4n) is 2.70. The number of hydrogen-bond acceptors (Lipinski definition) is 4. The van der Waals surface area contributed by atoms with Crippen molar-refractivity contribution in [3.05, 3.63) is 63.6 Å². The summed E-state index contributed by atoms with van der Waals surface area (Å²) in [5, 5.41) is 0.940. The lowest BCUT2D eigenvalue weighted by Gasteiger charge is -2.23. The number of benzodiazepines with no additional fused rings is 1. The van der Waals surface area contributed by atoms with E-state index in [2.05, 4.69) is 4.99 Å². The van der Waals surface area contributed by atoms with Crippen LogP contribution in [0.4, 0.5) is 5.69 Å². The average molecular weight is 411 g/mol. The third-order valence-electron chi connectivity index (χ3n) is 4.07. The van der Waals surface area contributed by atoms with Crippen LogP contribution >= 0.6 is 23.2 Å². The minimum Gasteiger partial charge on any atom is -0.295 e. The smallest absolute Gasteiger partial charge is 0.249 e. The van der Waals surface area contributed by atoms with Crippen molar-refractivity contribution in [2.75, 3.05) is 23.1 Å². The second-order valence-corrected chi connectivity index (χ2v) is 8.96. The lowest BCUT2D eigenvalue weighted by atomic mass is 10.0. The molecule has 0 bridgehead atoms. The summed E-state index contributed by atoms with van der Waals surface area (Å²) in [5.41, 5.74) is 2.19. The molecule has 2 aromatic rings. The molecule has 1 amide bonds. The highest BCUT2D eigenvalue weighted by atomic mass is 35.5. The van der Waals surface area contributed by atoms with Crippen LogP contribution in [0.15, 0.2) is 47.5 Å². The molecule has 8 heteroatoms. The van der Waals surface area contributed by atoms with Crippen molar-refractivity contribution in [1.82, 2.24) is 0 Å². The quantitative estimate of drug-likeness (QED) is 0.773. The Morgan fingerprint density at radius 1 is 1.12 bits per heavy atom. The Bertz CT molecular complexity index is 1000. The van der Waals surface area contributed by atoms with Crippen molar-refractivity contribution < 1.29 is 13.2 Å². The van der Waals surface area contributed by atoms with E-state index in [1.54, 1.807) is 43.3 Å². The Labute approximate surface area is 162 Å². The molecule has 1 aliphatic heterocycles. The van der Waals surface area contributed by atoms with Crippen LogP contribution < -0.4 is 4.90 Å². The van der Waals surface area contributed by atoms with Crippen molar-refractivity contribution in [2.24, 2.45) is 4.99 Å². The van der Waals surface area contributed by atoms with Crippen LogP contribution in [0.3, 0.4) is 0 Å². The molecule has 0 spiro atoms. The number of sulfone groups is 1. The zero-order chi connectivity index (χ0) is 18.9. The minimum absolute atomic E-state index is 0.0576. The van der Waals surface area contributed by atoms with Gasteiger partial charge in [0.15, 0.2) is 9.84 Å². The number of halogens is 2. The first kappa shape index (κ1) is 18.9. The molecular weight excluding hydrogens is 395 g/mol. The lowest BCUT2D eigenvalue weighted by molar-refractivity contribution is -0.117. The molecule has 3 rings (SSSR count). The first-order valence-corrected chi connectivity index (χ1v) is 10.5. The Hall–Kier alpha value is -1.89. The number of fused-ring (bicyclic) bond motifs is 1. The van der Waals surface area contributed by atoms with Gasteiger partial charge in [-0.15, -0.1) is 0 Å². The molecule has 0 unspecified atom stereocenters. The first-order valence-electron chi connectivity index (χ1n) is 7.92. The van der Waals surface area contributed by atoms with E-state index in [4.69, 9.17) is 23.2 Å². The van der Waals surface area contributed by atoms with Gasteiger partial charge in [0.25, 0.3) is 0 Å². The molecule has 0 aliphatic carbocycles. The summed E-state index contributed by atoms with van der Waals surface area (Å²) < 4.78 is 24.3. The number of aliphatic imine (C=N–C) groups is 1. The van der Waals surface area contributed by atoms with Crippen LogP contribution in [-0.2, 0) is 14.6 Å². The third-order valence-corrected chi connectivity index (χ3v) is 6.17. The summed E-state index contributed by atoms with van der Waals surface area (Å²) in [6.45, 7) is 1.37. The number of hydrogen-bond donors (Lipinski definition) is 0. The van der Waals surface area contributed by atoms with Gasteiger partial charge in [0, 0.05) is 26.9 Å². The van der Waals surface area contributed by atoms with Gasteiger partial charge in [-0.25, -0.2) is 8.42 Å². The van der Waals surface area contributed by atoms with Gasteiger partial charge in [-0.1, -0.05) is 48.3 Å². The fraction of sp³-hybridized carbons (Fsp3) is 0.222. The molecular formula is C18H16Cl2N2O3S. The highest BCUT2D eigenvalue weighted by Gasteiger charge is 2.29. The molecule has 0 saturated carbocycles. The van der Waals surface area contributed by atoms with Gasteiger partial charge < -0.3 is 0 Å². The maximum Gasteiger partial charge on any atom is 0.249 e. The van der Waals surface area contributed by atoms with Crippen LogP contribution in [0.5, 0.6) is 0 Å². The molecule has 5 nitrogen and oxygen atoms in total. The van der Waals surface area contributed by atoms with Crippen molar-refractivity contribution in [3.8, 4) is 0 Å². The van der Waals surface area contributed by atoms with Gasteiger partial charge in [-0.3, -0.25) is 14.7 Å². The van der Waals surface area contributed by atoms with Crippen LogP contribution in [0.1, 0.15) is 18.1 Å². The summed E-state index contributed by atoms with van der Waals surface area (Å²) in [5.74, 6) is -0.854. The first-order chi connectivity index (χ1) is 12.3. The van der Waals surface area contributed by atoms with E-state index in [1.807, 2.05) is 6.07 Å². The van der Waals surface area contributed by atoms with Gasteiger partial charge in [-0.05, 0) is 24.3 Å². The van der Waals surface area contributed by atoms with Gasteiger partial charge >= 0.3 is 0 Å². The molecule has 0 radical (unpaired) electrons. The second-order valence-electron chi connectivity index (χ2n) is 5.79. The summed E-state index contributed by atoms with van der Waals surface area (Å²) in [4.78, 5) is 18.3. The number of carbonyl (C=O) groups is 1. The van der Waals surface area contributed by atoms with Crippen LogP contribution in [0.25, 0.3) is 0 Å². The standard InChI is InChI=1S/C18H16Cl2N2O3S/c1-2-26(24,25)11-22-16-8-7-12(19)9-14(16)18(21-10-17(22)23)13-5-3-4-6-15(13)20/h3-9H,2,10-11H2,1H3. The Morgan fingerprint density at radius 2 is 1.85 bits per heavy atom. The molecule has 1 heterocycles. The third kappa shape index (κ3) is 3.77. The zero-order valence-electron chi connectivity index (χ0n) is 13.9. The number of rotatable bonds is 4. The summed E-state index contributed by atoms with van der Waals surface area (Å²) >= 11 is 12.5. The molecule has 0 saturated heterocycles. The van der Waals surface area contributed by atoms with Crippen molar-refractivity contribution >= 4 is 50.3 Å². The lowest BCUT2D eigenvalue weighted by Crippen LogP contribution is -2.37. The van der Waals surface area contributed by atoms with Crippen molar-refractivity contribution in [3.63, 3.8) is 0 Å². The number of anilines is 1. The predicted molar refractivity (Wildman–Crippen MR) is 105 cm³/mol. The molecule has 0 fully saturated rings. The molecule has 136 valence electrons. The highest BCUT2D eigenvalue weighted by molar-refractivity contribution is 7.91. The number of benzene rings is 2. The Kier molecular flexibility index (Phi) is 5.37. The monoisotopic (exact) mass is 410 g/mol. The van der Waals surface area contributed by atoms with E-state index in [1.165, 1.54) is 4.90 Å². The van der Waals surface area contributed by atoms with Gasteiger partial charge in [0.2, 0.25) is 5.91 Å². The maximum atomic E-state index is 12.6. The number of amides is 1. The fourth-order valence-corrected chi connectivity index (χ4v) is 3.95. The highest BCUT2D eigenvalue weighted by Crippen LogP contribution is 2.31. The molecule has 26 heavy (non-hydrogen) atoms. The Balaban J connectivity index is 2.20. The predicted octanol–water partition coefficient (Wildman–Crippen LogP) is 3.57. The van der Waals surface area contributed by atoms with Gasteiger partial charge in [-0.2, -0.15) is 0 Å². The molecule has 1 aliphatic rings. The van der Waals surface area contributed by atoms with Gasteiger partial charge in [0.05, 0.1) is 11.4 Å². The van der Waals surface area contributed by atoms with Gasteiger partial charge in [0.1, 0.15) is 12.4 Å². The normalized spacial score (nSPS) is 14.7. The molecule has 0 N–H and O–H groups in total. The zero-order valence-corrected chi connectivity index (χ0v) is 16.3. The van der Waals surface area contributed by atoms with Crippen LogP contribution in [0, 0.1) is 0 Å². The van der Waals surface area contributed by atoms with Crippen LogP contribution in [-0.4, -0.2) is 38.2 Å². The summed E-state index contributed by atoms with van der Waals surface area (Å²) in [7, 11) is -3.42. The van der Waals surface area contributed by atoms with Crippen molar-refractivity contribution in [1.29, 1.82) is 0 Å². The van der Waals surface area contributed by atoms with E-state index in [0.717, 1.165) is 0 Å². The molecule has 0 atom stereocenters. The number of nitrogens with zero attached hydrogens (tertiary/aromatic N) is 2. The average Bonchev–Trinajstić information content (AvgIpc) is 2.73.